The summed E-state index contributed by atoms with van der Waals surface area (Å²) < 4.78 is 17.6. The highest BCUT2D eigenvalue weighted by molar-refractivity contribution is 5.92. The SMILES string of the molecule is O=C(NC1CCC1)C1=C[C@H](c2coc3ccccc3c2=O)C[C@H](OCc2ccc(CO)cc2)O1. The number of aliphatic hydroxyl groups is 1. The lowest BCUT2D eigenvalue weighted by atomic mass is 9.92. The van der Waals surface area contributed by atoms with Crippen LogP contribution in [0.5, 0.6) is 0 Å². The van der Waals surface area contributed by atoms with Crippen molar-refractivity contribution in [3.63, 3.8) is 0 Å². The van der Waals surface area contributed by atoms with E-state index in [1.54, 1.807) is 24.3 Å². The number of aliphatic hydroxyl groups excluding tert-OH is 1. The molecule has 34 heavy (non-hydrogen) atoms. The highest BCUT2D eigenvalue weighted by atomic mass is 16.7. The number of ether oxygens (including phenoxy) is 2. The van der Waals surface area contributed by atoms with Crippen LogP contribution in [0, 0.1) is 0 Å². The van der Waals surface area contributed by atoms with Crippen LogP contribution < -0.4 is 10.7 Å². The van der Waals surface area contributed by atoms with Crippen molar-refractivity contribution in [3.05, 3.63) is 93.5 Å². The molecule has 7 nitrogen and oxygen atoms in total. The quantitative estimate of drug-likeness (QED) is 0.554. The van der Waals surface area contributed by atoms with E-state index in [-0.39, 0.29) is 36.4 Å². The van der Waals surface area contributed by atoms with Gasteiger partial charge in [-0.15, -0.1) is 0 Å². The van der Waals surface area contributed by atoms with E-state index in [0.717, 1.165) is 30.4 Å². The minimum atomic E-state index is -0.708. The molecule has 1 aromatic heterocycles. The Labute approximate surface area is 197 Å². The van der Waals surface area contributed by atoms with Gasteiger partial charge in [0.1, 0.15) is 5.58 Å². The number of hydrogen-bond acceptors (Lipinski definition) is 6. The molecule has 2 N–H and O–H groups in total. The van der Waals surface area contributed by atoms with Gasteiger partial charge >= 0.3 is 0 Å². The van der Waals surface area contributed by atoms with Gasteiger partial charge in [0.2, 0.25) is 6.29 Å². The molecule has 2 aliphatic rings. The zero-order valence-corrected chi connectivity index (χ0v) is 18.7. The van der Waals surface area contributed by atoms with Gasteiger partial charge in [-0.25, -0.2) is 0 Å². The molecule has 2 atom stereocenters. The number of rotatable bonds is 7. The summed E-state index contributed by atoms with van der Waals surface area (Å²) in [7, 11) is 0. The van der Waals surface area contributed by atoms with Crippen molar-refractivity contribution in [3.8, 4) is 0 Å². The van der Waals surface area contributed by atoms with Crippen molar-refractivity contribution in [2.45, 2.75) is 57.1 Å². The molecule has 1 amide bonds. The van der Waals surface area contributed by atoms with Crippen LogP contribution in [-0.4, -0.2) is 23.3 Å². The van der Waals surface area contributed by atoms with Crippen molar-refractivity contribution < 1.29 is 23.8 Å². The standard InChI is InChI=1S/C27H27NO6/c29-14-17-8-10-18(11-9-17)15-33-25-13-19(12-24(34-25)27(31)28-20-4-3-5-20)22-16-32-23-7-2-1-6-21(23)26(22)30/h1-2,6-12,16,19-20,25,29H,3-5,13-15H2,(H,28,31)/t19-,25+/m0/s1. The summed E-state index contributed by atoms with van der Waals surface area (Å²) in [6.45, 7) is 0.250. The predicted octanol–water partition coefficient (Wildman–Crippen LogP) is 3.88. The van der Waals surface area contributed by atoms with Crippen LogP contribution in [0.4, 0.5) is 0 Å². The summed E-state index contributed by atoms with van der Waals surface area (Å²) in [5.41, 5.74) is 2.60. The summed E-state index contributed by atoms with van der Waals surface area (Å²) in [5, 5.41) is 12.7. The summed E-state index contributed by atoms with van der Waals surface area (Å²) in [6.07, 6.45) is 5.86. The normalized spacial score (nSPS) is 20.3. The maximum atomic E-state index is 13.2. The van der Waals surface area contributed by atoms with Crippen molar-refractivity contribution in [2.75, 3.05) is 0 Å². The largest absolute Gasteiger partial charge is 0.464 e. The molecule has 1 aliphatic heterocycles. The van der Waals surface area contributed by atoms with E-state index in [1.165, 1.54) is 6.26 Å². The Bertz CT molecular complexity index is 1260. The fraction of sp³-hybridized carbons (Fsp3) is 0.333. The predicted molar refractivity (Wildman–Crippen MR) is 126 cm³/mol. The minimum absolute atomic E-state index is 0.0207. The summed E-state index contributed by atoms with van der Waals surface area (Å²) in [6, 6.07) is 14.7. The van der Waals surface area contributed by atoms with Crippen molar-refractivity contribution >= 4 is 16.9 Å². The van der Waals surface area contributed by atoms with Crippen LogP contribution in [0.25, 0.3) is 11.0 Å². The Balaban J connectivity index is 1.39. The Morgan fingerprint density at radius 3 is 2.59 bits per heavy atom. The van der Waals surface area contributed by atoms with Crippen LogP contribution in [0.2, 0.25) is 0 Å². The van der Waals surface area contributed by atoms with E-state index in [1.807, 2.05) is 30.3 Å². The Kier molecular flexibility index (Phi) is 6.47. The Morgan fingerprint density at radius 2 is 1.85 bits per heavy atom. The number of hydrogen-bond donors (Lipinski definition) is 2. The van der Waals surface area contributed by atoms with Crippen LogP contribution in [0.1, 0.15) is 48.3 Å². The second-order valence-electron chi connectivity index (χ2n) is 8.82. The number of benzene rings is 2. The highest BCUT2D eigenvalue weighted by Crippen LogP contribution is 2.32. The molecule has 0 unspecified atom stereocenters. The fourth-order valence-electron chi connectivity index (χ4n) is 4.22. The zero-order chi connectivity index (χ0) is 23.5. The third-order valence-electron chi connectivity index (χ3n) is 6.47. The first-order valence-corrected chi connectivity index (χ1v) is 11.6. The maximum absolute atomic E-state index is 13.2. The van der Waals surface area contributed by atoms with E-state index in [4.69, 9.17) is 13.9 Å². The number of nitrogens with one attached hydrogen (secondary N) is 1. The molecule has 0 bridgehead atoms. The van der Waals surface area contributed by atoms with Crippen molar-refractivity contribution in [2.24, 2.45) is 0 Å². The molecule has 2 heterocycles. The van der Waals surface area contributed by atoms with Crippen molar-refractivity contribution in [1.29, 1.82) is 0 Å². The number of fused-ring (bicyclic) bond motifs is 1. The molecule has 0 spiro atoms. The van der Waals surface area contributed by atoms with Crippen LogP contribution in [0.3, 0.4) is 0 Å². The zero-order valence-electron chi connectivity index (χ0n) is 18.7. The molecule has 1 aliphatic carbocycles. The lowest BCUT2D eigenvalue weighted by Crippen LogP contribution is -2.42. The second kappa shape index (κ2) is 9.83. The molecule has 0 saturated heterocycles. The first kappa shape index (κ1) is 22.4. The molecule has 1 fully saturated rings. The number of amides is 1. The van der Waals surface area contributed by atoms with E-state index in [0.29, 0.717) is 23.0 Å². The molecule has 1 saturated carbocycles. The number of para-hydroxylation sites is 1. The molecule has 0 radical (unpaired) electrons. The minimum Gasteiger partial charge on any atom is -0.464 e. The van der Waals surface area contributed by atoms with Gasteiger partial charge in [-0.2, -0.15) is 0 Å². The highest BCUT2D eigenvalue weighted by Gasteiger charge is 2.32. The lowest BCUT2D eigenvalue weighted by molar-refractivity contribution is -0.151. The molecule has 176 valence electrons. The van der Waals surface area contributed by atoms with Gasteiger partial charge in [0.05, 0.1) is 24.9 Å². The monoisotopic (exact) mass is 461 g/mol. The molecule has 5 rings (SSSR count). The smallest absolute Gasteiger partial charge is 0.286 e. The van der Waals surface area contributed by atoms with Crippen LogP contribution in [-0.2, 0) is 27.5 Å². The number of carbonyl (C=O) groups is 1. The Hall–Kier alpha value is -3.42. The molecular formula is C27H27NO6. The van der Waals surface area contributed by atoms with Crippen LogP contribution >= 0.6 is 0 Å². The number of carbonyl (C=O) groups excluding carboxylic acids is 1. The topological polar surface area (TPSA) is 98.0 Å². The maximum Gasteiger partial charge on any atom is 0.286 e. The van der Waals surface area contributed by atoms with Gasteiger partial charge in [-0.3, -0.25) is 9.59 Å². The third-order valence-corrected chi connectivity index (χ3v) is 6.47. The average Bonchev–Trinajstić information content (AvgIpc) is 2.85. The second-order valence-corrected chi connectivity index (χ2v) is 8.82. The Morgan fingerprint density at radius 1 is 1.09 bits per heavy atom. The molecule has 2 aromatic carbocycles. The molecular weight excluding hydrogens is 434 g/mol. The summed E-state index contributed by atoms with van der Waals surface area (Å²) >= 11 is 0. The van der Waals surface area contributed by atoms with Gasteiger partial charge in [-0.1, -0.05) is 36.4 Å². The summed E-state index contributed by atoms with van der Waals surface area (Å²) in [4.78, 5) is 26.1. The van der Waals surface area contributed by atoms with E-state index < -0.39 is 12.2 Å². The summed E-state index contributed by atoms with van der Waals surface area (Å²) in [5.74, 6) is -0.518. The first-order valence-electron chi connectivity index (χ1n) is 11.6. The van der Waals surface area contributed by atoms with E-state index in [2.05, 4.69) is 5.32 Å². The van der Waals surface area contributed by atoms with Gasteiger partial charge < -0.3 is 24.3 Å². The average molecular weight is 462 g/mol. The lowest BCUT2D eigenvalue weighted by Gasteiger charge is -2.31. The van der Waals surface area contributed by atoms with Gasteiger partial charge in [-0.05, 0) is 48.6 Å². The van der Waals surface area contributed by atoms with E-state index >= 15 is 0 Å². The molecule has 3 aromatic rings. The third kappa shape index (κ3) is 4.76. The fourth-order valence-corrected chi connectivity index (χ4v) is 4.22. The van der Waals surface area contributed by atoms with Crippen LogP contribution in [0.15, 0.2) is 75.8 Å². The first-order chi connectivity index (χ1) is 16.6. The molecule has 7 heteroatoms. The number of allylic oxidation sites excluding steroid dienone is 1. The van der Waals surface area contributed by atoms with Gasteiger partial charge in [0.25, 0.3) is 5.91 Å². The van der Waals surface area contributed by atoms with Crippen molar-refractivity contribution in [1.82, 2.24) is 5.32 Å². The van der Waals surface area contributed by atoms with E-state index in [9.17, 15) is 14.7 Å². The van der Waals surface area contributed by atoms with Gasteiger partial charge in [0, 0.05) is 23.9 Å². The van der Waals surface area contributed by atoms with Gasteiger partial charge in [0.15, 0.2) is 11.2 Å².